The monoisotopic (exact) mass is 276 g/mol. The quantitative estimate of drug-likeness (QED) is 0.785. The molecule has 104 valence electrons. The first-order chi connectivity index (χ1) is 8.32. The lowest BCUT2D eigenvalue weighted by Gasteiger charge is -2.41. The van der Waals surface area contributed by atoms with Crippen molar-refractivity contribution in [2.45, 2.75) is 44.6 Å². The van der Waals surface area contributed by atoms with Gasteiger partial charge in [0.15, 0.2) is 0 Å². The van der Waals surface area contributed by atoms with Gasteiger partial charge in [0.05, 0.1) is 5.92 Å². The van der Waals surface area contributed by atoms with Crippen LogP contribution in [0.25, 0.3) is 0 Å². The SMILES string of the molecule is CC1(NS(=O)(=O)N2CCC(C(=O)O)CC2)CCC1. The summed E-state index contributed by atoms with van der Waals surface area (Å²) in [5, 5.41) is 8.88. The Labute approximate surface area is 108 Å². The predicted octanol–water partition coefficient (Wildman–Crippen LogP) is 0.560. The van der Waals surface area contributed by atoms with E-state index in [1.807, 2.05) is 6.92 Å². The highest BCUT2D eigenvalue weighted by Crippen LogP contribution is 2.32. The summed E-state index contributed by atoms with van der Waals surface area (Å²) >= 11 is 0. The Morgan fingerprint density at radius 3 is 2.28 bits per heavy atom. The van der Waals surface area contributed by atoms with E-state index in [1.165, 1.54) is 4.31 Å². The van der Waals surface area contributed by atoms with Crippen LogP contribution in [0.3, 0.4) is 0 Å². The summed E-state index contributed by atoms with van der Waals surface area (Å²) in [6.45, 7) is 2.50. The van der Waals surface area contributed by atoms with Crippen LogP contribution in [-0.2, 0) is 15.0 Å². The van der Waals surface area contributed by atoms with E-state index >= 15 is 0 Å². The number of nitrogens with zero attached hydrogens (tertiary/aromatic N) is 1. The molecule has 2 fully saturated rings. The minimum atomic E-state index is -3.46. The normalized spacial score (nSPS) is 25.6. The van der Waals surface area contributed by atoms with Crippen molar-refractivity contribution in [3.05, 3.63) is 0 Å². The lowest BCUT2D eigenvalue weighted by Crippen LogP contribution is -2.56. The Morgan fingerprint density at radius 2 is 1.89 bits per heavy atom. The molecule has 1 heterocycles. The van der Waals surface area contributed by atoms with Crippen molar-refractivity contribution in [3.63, 3.8) is 0 Å². The minimum Gasteiger partial charge on any atom is -0.481 e. The Balaban J connectivity index is 1.93. The van der Waals surface area contributed by atoms with Crippen molar-refractivity contribution < 1.29 is 18.3 Å². The maximum atomic E-state index is 12.1. The molecule has 0 atom stereocenters. The van der Waals surface area contributed by atoms with E-state index in [4.69, 9.17) is 5.11 Å². The fraction of sp³-hybridized carbons (Fsp3) is 0.909. The molecule has 0 radical (unpaired) electrons. The van der Waals surface area contributed by atoms with Crippen LogP contribution in [0, 0.1) is 5.92 Å². The standard InChI is InChI=1S/C11H20N2O4S/c1-11(5-2-6-11)12-18(16,17)13-7-3-9(4-8-13)10(14)15/h9,12H,2-8H2,1H3,(H,14,15). The zero-order chi connectivity index (χ0) is 13.4. The second-order valence-corrected chi connectivity index (χ2v) is 7.20. The van der Waals surface area contributed by atoms with E-state index in [0.717, 1.165) is 19.3 Å². The van der Waals surface area contributed by atoms with E-state index < -0.39 is 22.1 Å². The zero-order valence-electron chi connectivity index (χ0n) is 10.6. The van der Waals surface area contributed by atoms with Crippen LogP contribution in [0.1, 0.15) is 39.0 Å². The summed E-state index contributed by atoms with van der Waals surface area (Å²) in [4.78, 5) is 10.8. The van der Waals surface area contributed by atoms with Crippen LogP contribution >= 0.6 is 0 Å². The Kier molecular flexibility index (Phi) is 3.66. The third-order valence-electron chi connectivity index (χ3n) is 3.98. The number of rotatable bonds is 4. The number of piperidine rings is 1. The molecule has 0 amide bonds. The first kappa shape index (κ1) is 13.8. The van der Waals surface area contributed by atoms with Crippen LogP contribution in [-0.4, -0.2) is 42.4 Å². The molecule has 0 unspecified atom stereocenters. The van der Waals surface area contributed by atoms with Crippen LogP contribution in [0.2, 0.25) is 0 Å². The molecule has 1 saturated heterocycles. The molecule has 6 nitrogen and oxygen atoms in total. The second kappa shape index (κ2) is 4.79. The van der Waals surface area contributed by atoms with Gasteiger partial charge in [0.1, 0.15) is 0 Å². The summed E-state index contributed by atoms with van der Waals surface area (Å²) < 4.78 is 28.4. The molecule has 2 aliphatic rings. The second-order valence-electron chi connectivity index (χ2n) is 5.53. The Morgan fingerprint density at radius 1 is 1.33 bits per heavy atom. The molecule has 18 heavy (non-hydrogen) atoms. The molecular formula is C11H20N2O4S. The molecule has 0 aromatic carbocycles. The number of hydrogen-bond acceptors (Lipinski definition) is 3. The highest BCUT2D eigenvalue weighted by Gasteiger charge is 2.39. The maximum absolute atomic E-state index is 12.1. The minimum absolute atomic E-state index is 0.294. The lowest BCUT2D eigenvalue weighted by atomic mass is 9.80. The third-order valence-corrected chi connectivity index (χ3v) is 5.77. The lowest BCUT2D eigenvalue weighted by molar-refractivity contribution is -0.142. The molecule has 2 N–H and O–H groups in total. The summed E-state index contributed by atoms with van der Waals surface area (Å²) in [6.07, 6.45) is 3.59. The number of carbonyl (C=O) groups is 1. The van der Waals surface area contributed by atoms with Gasteiger partial charge in [-0.25, -0.2) is 0 Å². The van der Waals surface area contributed by atoms with Crippen molar-refractivity contribution in [2.75, 3.05) is 13.1 Å². The van der Waals surface area contributed by atoms with E-state index in [-0.39, 0.29) is 5.54 Å². The van der Waals surface area contributed by atoms with Gasteiger partial charge in [-0.3, -0.25) is 4.79 Å². The first-order valence-electron chi connectivity index (χ1n) is 6.34. The van der Waals surface area contributed by atoms with Crippen LogP contribution in [0.15, 0.2) is 0 Å². The number of carboxylic acid groups (broad SMARTS) is 1. The zero-order valence-corrected chi connectivity index (χ0v) is 11.4. The molecule has 0 aromatic rings. The predicted molar refractivity (Wildman–Crippen MR) is 66.2 cm³/mol. The number of aliphatic carboxylic acids is 1. The average Bonchev–Trinajstić information content (AvgIpc) is 2.26. The van der Waals surface area contributed by atoms with Crippen LogP contribution in [0.5, 0.6) is 0 Å². The molecule has 7 heteroatoms. The third kappa shape index (κ3) is 2.84. The smallest absolute Gasteiger partial charge is 0.306 e. The molecular weight excluding hydrogens is 256 g/mol. The van der Waals surface area contributed by atoms with Crippen molar-refractivity contribution >= 4 is 16.2 Å². The van der Waals surface area contributed by atoms with Gasteiger partial charge in [-0.1, -0.05) is 0 Å². The van der Waals surface area contributed by atoms with Gasteiger partial charge in [0, 0.05) is 18.6 Å². The molecule has 0 aromatic heterocycles. The fourth-order valence-corrected chi connectivity index (χ4v) is 4.18. The van der Waals surface area contributed by atoms with Crippen LogP contribution in [0.4, 0.5) is 0 Å². The Bertz CT molecular complexity index is 422. The van der Waals surface area contributed by atoms with Crippen molar-refractivity contribution in [3.8, 4) is 0 Å². The summed E-state index contributed by atoms with van der Waals surface area (Å²) in [7, 11) is -3.46. The van der Waals surface area contributed by atoms with E-state index in [1.54, 1.807) is 0 Å². The molecule has 1 aliphatic heterocycles. The molecule has 1 aliphatic carbocycles. The van der Waals surface area contributed by atoms with Gasteiger partial charge in [-0.15, -0.1) is 0 Å². The first-order valence-corrected chi connectivity index (χ1v) is 7.78. The highest BCUT2D eigenvalue weighted by molar-refractivity contribution is 7.87. The van der Waals surface area contributed by atoms with Gasteiger partial charge < -0.3 is 5.11 Å². The average molecular weight is 276 g/mol. The largest absolute Gasteiger partial charge is 0.481 e. The van der Waals surface area contributed by atoms with E-state index in [2.05, 4.69) is 4.72 Å². The van der Waals surface area contributed by atoms with Crippen molar-refractivity contribution in [2.24, 2.45) is 5.92 Å². The van der Waals surface area contributed by atoms with Crippen molar-refractivity contribution in [1.82, 2.24) is 9.03 Å². The summed E-state index contributed by atoms with van der Waals surface area (Å²) in [5.41, 5.74) is -0.303. The molecule has 1 saturated carbocycles. The van der Waals surface area contributed by atoms with Gasteiger partial charge in [0.2, 0.25) is 0 Å². The van der Waals surface area contributed by atoms with Crippen LogP contribution < -0.4 is 4.72 Å². The van der Waals surface area contributed by atoms with Gasteiger partial charge in [-0.05, 0) is 39.0 Å². The van der Waals surface area contributed by atoms with Gasteiger partial charge >= 0.3 is 5.97 Å². The summed E-state index contributed by atoms with van der Waals surface area (Å²) in [5.74, 6) is -1.23. The maximum Gasteiger partial charge on any atom is 0.306 e. The van der Waals surface area contributed by atoms with E-state index in [0.29, 0.717) is 25.9 Å². The highest BCUT2D eigenvalue weighted by atomic mass is 32.2. The molecule has 2 rings (SSSR count). The molecule has 0 bridgehead atoms. The summed E-state index contributed by atoms with van der Waals surface area (Å²) in [6, 6.07) is 0. The number of carboxylic acids is 1. The van der Waals surface area contributed by atoms with E-state index in [9.17, 15) is 13.2 Å². The molecule has 0 spiro atoms. The van der Waals surface area contributed by atoms with Gasteiger partial charge in [-0.2, -0.15) is 17.4 Å². The van der Waals surface area contributed by atoms with Crippen molar-refractivity contribution in [1.29, 1.82) is 0 Å². The number of nitrogens with one attached hydrogen (secondary N) is 1. The Hall–Kier alpha value is -0.660. The topological polar surface area (TPSA) is 86.7 Å². The fourth-order valence-electron chi connectivity index (χ4n) is 2.53. The number of hydrogen-bond donors (Lipinski definition) is 2. The van der Waals surface area contributed by atoms with Gasteiger partial charge in [0.25, 0.3) is 10.2 Å².